The average molecular weight is 195 g/mol. The number of nitrogens with two attached hydrogens (primary N) is 1. The maximum Gasteiger partial charge on any atom is 0.180 e. The van der Waals surface area contributed by atoms with Crippen LogP contribution in [0.1, 0.15) is 5.69 Å². The normalized spacial score (nSPS) is 10.2. The van der Waals surface area contributed by atoms with E-state index in [9.17, 15) is 0 Å². The fourth-order valence-corrected chi connectivity index (χ4v) is 1.58. The van der Waals surface area contributed by atoms with Crippen LogP contribution in [0.3, 0.4) is 0 Å². The third-order valence-electron chi connectivity index (χ3n) is 1.68. The number of hydrogen-bond donors (Lipinski definition) is 1. The molecule has 0 aliphatic carbocycles. The molecule has 1 heterocycles. The molecule has 4 heteroatoms. The molecule has 1 rings (SSSR count). The number of hydrogen-bond acceptors (Lipinski definition) is 4. The van der Waals surface area contributed by atoms with Crippen molar-refractivity contribution in [2.75, 3.05) is 25.9 Å². The number of terminal acetylenes is 1. The summed E-state index contributed by atoms with van der Waals surface area (Å²) in [6.07, 6.45) is 6.09. The lowest BCUT2D eigenvalue weighted by atomic mass is 10.3. The molecule has 0 radical (unpaired) electrons. The zero-order valence-corrected chi connectivity index (χ0v) is 8.47. The Balaban J connectivity index is 2.31. The number of anilines is 1. The number of nitrogens with zero attached hydrogens (tertiary/aromatic N) is 2. The van der Waals surface area contributed by atoms with Crippen molar-refractivity contribution in [3.05, 3.63) is 11.1 Å². The number of aromatic nitrogens is 1. The number of rotatable bonds is 4. The van der Waals surface area contributed by atoms with Crippen molar-refractivity contribution in [3.8, 4) is 12.3 Å². The predicted molar refractivity (Wildman–Crippen MR) is 56.6 cm³/mol. The summed E-state index contributed by atoms with van der Waals surface area (Å²) in [5.74, 6) is 2.59. The van der Waals surface area contributed by atoms with Crippen LogP contribution in [-0.2, 0) is 6.42 Å². The van der Waals surface area contributed by atoms with E-state index in [-0.39, 0.29) is 0 Å². The summed E-state index contributed by atoms with van der Waals surface area (Å²) >= 11 is 1.48. The Labute approximate surface area is 82.6 Å². The first-order valence-electron chi connectivity index (χ1n) is 4.04. The molecule has 0 aliphatic rings. The summed E-state index contributed by atoms with van der Waals surface area (Å²) in [5.41, 5.74) is 6.55. The van der Waals surface area contributed by atoms with E-state index in [2.05, 4.69) is 15.8 Å². The van der Waals surface area contributed by atoms with Gasteiger partial charge in [0, 0.05) is 18.3 Å². The molecule has 1 aromatic heterocycles. The molecule has 3 nitrogen and oxygen atoms in total. The molecule has 0 fully saturated rings. The molecule has 0 atom stereocenters. The van der Waals surface area contributed by atoms with Crippen LogP contribution >= 0.6 is 11.3 Å². The van der Waals surface area contributed by atoms with Gasteiger partial charge in [0.1, 0.15) is 0 Å². The summed E-state index contributed by atoms with van der Waals surface area (Å²) in [7, 11) is 2.00. The van der Waals surface area contributed by atoms with Crippen LogP contribution in [0, 0.1) is 12.3 Å². The van der Waals surface area contributed by atoms with E-state index in [0.717, 1.165) is 18.7 Å². The van der Waals surface area contributed by atoms with Gasteiger partial charge in [0.2, 0.25) is 0 Å². The van der Waals surface area contributed by atoms with Gasteiger partial charge in [0.05, 0.1) is 12.2 Å². The molecule has 0 saturated heterocycles. The smallest absolute Gasteiger partial charge is 0.180 e. The lowest BCUT2D eigenvalue weighted by Crippen LogP contribution is -2.21. The highest BCUT2D eigenvalue weighted by Gasteiger charge is 2.00. The predicted octanol–water partition coefficient (Wildman–Crippen LogP) is 0.833. The van der Waals surface area contributed by atoms with Gasteiger partial charge in [-0.15, -0.1) is 17.8 Å². The lowest BCUT2D eigenvalue weighted by molar-refractivity contribution is 0.379. The van der Waals surface area contributed by atoms with Crippen LogP contribution in [0.4, 0.5) is 5.13 Å². The zero-order valence-electron chi connectivity index (χ0n) is 7.66. The fourth-order valence-electron chi connectivity index (χ4n) is 0.978. The summed E-state index contributed by atoms with van der Waals surface area (Å²) in [6.45, 7) is 1.60. The number of likely N-dealkylation sites (N-methyl/N-ethyl adjacent to an activating group) is 1. The van der Waals surface area contributed by atoms with E-state index in [4.69, 9.17) is 12.2 Å². The monoisotopic (exact) mass is 195 g/mol. The van der Waals surface area contributed by atoms with Crippen molar-refractivity contribution in [2.45, 2.75) is 6.42 Å². The first-order chi connectivity index (χ1) is 6.22. The van der Waals surface area contributed by atoms with Gasteiger partial charge in [-0.1, -0.05) is 5.92 Å². The van der Waals surface area contributed by atoms with Crippen molar-refractivity contribution in [1.82, 2.24) is 9.88 Å². The van der Waals surface area contributed by atoms with E-state index in [1.54, 1.807) is 0 Å². The summed E-state index contributed by atoms with van der Waals surface area (Å²) < 4.78 is 0. The van der Waals surface area contributed by atoms with Gasteiger partial charge in [0.15, 0.2) is 5.13 Å². The van der Waals surface area contributed by atoms with Crippen molar-refractivity contribution >= 4 is 16.5 Å². The zero-order chi connectivity index (χ0) is 9.68. The van der Waals surface area contributed by atoms with E-state index >= 15 is 0 Å². The molecule has 13 heavy (non-hydrogen) atoms. The second kappa shape index (κ2) is 4.85. The second-order valence-corrected chi connectivity index (χ2v) is 3.76. The maximum absolute atomic E-state index is 5.51. The van der Waals surface area contributed by atoms with Gasteiger partial charge in [-0.25, -0.2) is 4.98 Å². The molecule has 1 aromatic rings. The van der Waals surface area contributed by atoms with Crippen LogP contribution in [0.5, 0.6) is 0 Å². The Hall–Kier alpha value is -1.05. The van der Waals surface area contributed by atoms with E-state index in [0.29, 0.717) is 11.7 Å². The molecule has 0 saturated carbocycles. The van der Waals surface area contributed by atoms with Gasteiger partial charge in [-0.3, -0.25) is 4.90 Å². The van der Waals surface area contributed by atoms with Gasteiger partial charge in [-0.05, 0) is 7.05 Å². The van der Waals surface area contributed by atoms with Crippen molar-refractivity contribution in [1.29, 1.82) is 0 Å². The summed E-state index contributed by atoms with van der Waals surface area (Å²) in [4.78, 5) is 6.24. The maximum atomic E-state index is 5.51. The highest BCUT2D eigenvalue weighted by molar-refractivity contribution is 7.13. The third-order valence-corrected chi connectivity index (χ3v) is 2.40. The molecule has 70 valence electrons. The van der Waals surface area contributed by atoms with Gasteiger partial charge < -0.3 is 5.73 Å². The van der Waals surface area contributed by atoms with Crippen molar-refractivity contribution < 1.29 is 0 Å². The largest absolute Gasteiger partial charge is 0.375 e. The minimum Gasteiger partial charge on any atom is -0.375 e. The Bertz CT molecular complexity index is 300. The number of nitrogen functional groups attached to an aromatic ring is 1. The SMILES string of the molecule is C#CCN(C)CCc1csc(N)n1. The highest BCUT2D eigenvalue weighted by Crippen LogP contribution is 2.11. The van der Waals surface area contributed by atoms with Crippen LogP contribution in [-0.4, -0.2) is 30.0 Å². The lowest BCUT2D eigenvalue weighted by Gasteiger charge is -2.11. The van der Waals surface area contributed by atoms with E-state index in [1.807, 2.05) is 12.4 Å². The summed E-state index contributed by atoms with van der Waals surface area (Å²) in [5, 5.41) is 2.62. The molecular weight excluding hydrogens is 182 g/mol. The Morgan fingerprint density at radius 2 is 2.54 bits per heavy atom. The van der Waals surface area contributed by atoms with Crippen molar-refractivity contribution in [2.24, 2.45) is 0 Å². The van der Waals surface area contributed by atoms with Gasteiger partial charge in [-0.2, -0.15) is 0 Å². The minimum absolute atomic E-state index is 0.634. The molecule has 0 amide bonds. The van der Waals surface area contributed by atoms with Crippen LogP contribution < -0.4 is 5.73 Å². The molecule has 0 bridgehead atoms. The van der Waals surface area contributed by atoms with E-state index in [1.165, 1.54) is 11.3 Å². The Kier molecular flexibility index (Phi) is 3.74. The highest BCUT2D eigenvalue weighted by atomic mass is 32.1. The first kappa shape index (κ1) is 10.0. The topological polar surface area (TPSA) is 42.1 Å². The Morgan fingerprint density at radius 1 is 1.77 bits per heavy atom. The molecule has 0 aromatic carbocycles. The van der Waals surface area contributed by atoms with Crippen LogP contribution in [0.15, 0.2) is 5.38 Å². The second-order valence-electron chi connectivity index (χ2n) is 2.87. The molecule has 0 unspecified atom stereocenters. The number of thiazole rings is 1. The average Bonchev–Trinajstić information content (AvgIpc) is 2.49. The minimum atomic E-state index is 0.634. The van der Waals surface area contributed by atoms with Crippen LogP contribution in [0.25, 0.3) is 0 Å². The molecular formula is C9H13N3S. The van der Waals surface area contributed by atoms with Crippen molar-refractivity contribution in [3.63, 3.8) is 0 Å². The van der Waals surface area contributed by atoms with Crippen LogP contribution in [0.2, 0.25) is 0 Å². The third kappa shape index (κ3) is 3.45. The van der Waals surface area contributed by atoms with Gasteiger partial charge in [0.25, 0.3) is 0 Å². The first-order valence-corrected chi connectivity index (χ1v) is 4.92. The standard InChI is InChI=1S/C9H13N3S/c1-3-5-12(2)6-4-8-7-13-9(10)11-8/h1,7H,4-6H2,2H3,(H2,10,11). The molecule has 2 N–H and O–H groups in total. The molecule has 0 aliphatic heterocycles. The van der Waals surface area contributed by atoms with Gasteiger partial charge >= 0.3 is 0 Å². The quantitative estimate of drug-likeness (QED) is 0.724. The fraction of sp³-hybridized carbons (Fsp3) is 0.444. The summed E-state index contributed by atoms with van der Waals surface area (Å²) in [6, 6.07) is 0. The van der Waals surface area contributed by atoms with E-state index < -0.39 is 0 Å². The Morgan fingerprint density at radius 3 is 3.08 bits per heavy atom. The molecule has 0 spiro atoms.